The molecule has 0 spiro atoms. The number of rotatable bonds is 7. The molecular weight excluding hydrogens is 853 g/mol. The van der Waals surface area contributed by atoms with E-state index in [0.29, 0.717) is 11.8 Å². The minimum absolute atomic E-state index is 0. The standard InChI is InChI=1S/C29H26NO.C20H20NSi.Ir/c1-18(2)21-12-13-30-27(16-21)22-10-11-24-26-15-23(20-8-6-5-7-9-20)14-25(19(3)4)29(26)31-28(24)17-22;1-22(2,3)19-12-13-20(21-15-19)18-11-7-10-17(14-18)16-8-5-4-6-9-16;/h5-9,11-19H,1-4H3;4-10,12-15H,1-3H3;/q2*-1;. The van der Waals surface area contributed by atoms with Crippen molar-refractivity contribution in [2.45, 2.75) is 59.2 Å². The van der Waals surface area contributed by atoms with Crippen LogP contribution in [0.25, 0.3) is 66.7 Å². The van der Waals surface area contributed by atoms with Crippen LogP contribution in [0, 0.1) is 12.1 Å². The Morgan fingerprint density at radius 3 is 1.91 bits per heavy atom. The molecule has 5 aromatic carbocycles. The predicted octanol–water partition coefficient (Wildman–Crippen LogP) is 13.1. The monoisotopic (exact) mass is 899 g/mol. The molecule has 0 saturated carbocycles. The Morgan fingerprint density at radius 1 is 0.593 bits per heavy atom. The first-order chi connectivity index (χ1) is 25.5. The third-order valence-corrected chi connectivity index (χ3v) is 11.8. The van der Waals surface area contributed by atoms with Crippen molar-refractivity contribution in [2.75, 3.05) is 0 Å². The molecule has 0 amide bonds. The Bertz CT molecular complexity index is 2480. The fourth-order valence-corrected chi connectivity index (χ4v) is 7.63. The van der Waals surface area contributed by atoms with Crippen LogP contribution in [-0.4, -0.2) is 18.0 Å². The van der Waals surface area contributed by atoms with Gasteiger partial charge in [0.2, 0.25) is 0 Å². The second-order valence-corrected chi connectivity index (χ2v) is 20.4. The number of fused-ring (bicyclic) bond motifs is 3. The van der Waals surface area contributed by atoms with Gasteiger partial charge in [-0.15, -0.1) is 53.1 Å². The quantitative estimate of drug-likeness (QED) is 0.118. The summed E-state index contributed by atoms with van der Waals surface area (Å²) in [6.07, 6.45) is 3.91. The van der Waals surface area contributed by atoms with Gasteiger partial charge in [0, 0.05) is 32.5 Å². The summed E-state index contributed by atoms with van der Waals surface area (Å²) in [4.78, 5) is 9.23. The number of hydrogen-bond donors (Lipinski definition) is 0. The minimum atomic E-state index is -1.29. The van der Waals surface area contributed by atoms with Crippen molar-refractivity contribution >= 4 is 35.2 Å². The topological polar surface area (TPSA) is 38.9 Å². The third-order valence-electron chi connectivity index (χ3n) is 9.80. The van der Waals surface area contributed by atoms with Crippen molar-refractivity contribution < 1.29 is 24.5 Å². The van der Waals surface area contributed by atoms with Crippen LogP contribution < -0.4 is 5.19 Å². The number of aromatic nitrogens is 2. The minimum Gasteiger partial charge on any atom is -0.476 e. The van der Waals surface area contributed by atoms with Crippen LogP contribution in [0.5, 0.6) is 0 Å². The zero-order chi connectivity index (χ0) is 37.1. The van der Waals surface area contributed by atoms with Crippen LogP contribution in [0.2, 0.25) is 19.6 Å². The zero-order valence-electron chi connectivity index (χ0n) is 32.1. The first-order valence-electron chi connectivity index (χ1n) is 18.5. The van der Waals surface area contributed by atoms with Gasteiger partial charge in [-0.1, -0.05) is 149 Å². The smallest absolute Gasteiger partial charge is 0.127 e. The van der Waals surface area contributed by atoms with Crippen LogP contribution in [0.1, 0.15) is 50.7 Å². The largest absolute Gasteiger partial charge is 0.476 e. The molecule has 3 aromatic heterocycles. The zero-order valence-corrected chi connectivity index (χ0v) is 35.5. The average molecular weight is 899 g/mol. The number of hydrogen-bond acceptors (Lipinski definition) is 3. The Hall–Kier alpha value is -4.93. The number of benzene rings is 5. The SMILES string of the molecule is CC(C)c1ccnc(-c2[c-]cc3c(c2)oc2c(C(C)C)cc(-c4ccccc4)cc23)c1.C[Si](C)(C)c1ccc(-c2[c-]ccc(-c3ccccc3)c2)nc1.[Ir]. The summed E-state index contributed by atoms with van der Waals surface area (Å²) >= 11 is 0. The Morgan fingerprint density at radius 2 is 1.28 bits per heavy atom. The van der Waals surface area contributed by atoms with Gasteiger partial charge in [0.15, 0.2) is 0 Å². The Balaban J connectivity index is 0.000000191. The van der Waals surface area contributed by atoms with E-state index < -0.39 is 8.07 Å². The van der Waals surface area contributed by atoms with Crippen LogP contribution in [-0.2, 0) is 20.1 Å². The summed E-state index contributed by atoms with van der Waals surface area (Å²) < 4.78 is 6.43. The molecule has 0 atom stereocenters. The van der Waals surface area contributed by atoms with E-state index in [1.54, 1.807) is 0 Å². The van der Waals surface area contributed by atoms with Crippen molar-refractivity contribution in [3.8, 4) is 44.8 Å². The second-order valence-electron chi connectivity index (χ2n) is 15.4. The maximum atomic E-state index is 6.43. The van der Waals surface area contributed by atoms with Gasteiger partial charge in [-0.2, -0.15) is 0 Å². The average Bonchev–Trinajstić information content (AvgIpc) is 3.56. The van der Waals surface area contributed by atoms with Crippen molar-refractivity contribution in [3.05, 3.63) is 163 Å². The second kappa shape index (κ2) is 16.6. The Kier molecular flexibility index (Phi) is 11.9. The molecular formula is C49H46IrN2OSi-2. The van der Waals surface area contributed by atoms with Crippen LogP contribution in [0.4, 0.5) is 0 Å². The summed E-state index contributed by atoms with van der Waals surface area (Å²) in [6.45, 7) is 15.8. The molecule has 8 rings (SSSR count). The van der Waals surface area contributed by atoms with E-state index in [1.165, 1.54) is 38.6 Å². The van der Waals surface area contributed by atoms with Crippen molar-refractivity contribution in [3.63, 3.8) is 0 Å². The molecule has 3 nitrogen and oxygen atoms in total. The fraction of sp³-hybridized carbons (Fsp3) is 0.184. The maximum absolute atomic E-state index is 6.43. The van der Waals surface area contributed by atoms with Gasteiger partial charge in [0.1, 0.15) is 5.58 Å². The van der Waals surface area contributed by atoms with Gasteiger partial charge in [0.05, 0.1) is 13.7 Å². The Labute approximate surface area is 334 Å². The van der Waals surface area contributed by atoms with E-state index in [0.717, 1.165) is 44.5 Å². The molecule has 1 radical (unpaired) electrons. The van der Waals surface area contributed by atoms with Crippen molar-refractivity contribution in [2.24, 2.45) is 0 Å². The molecule has 0 aliphatic rings. The summed E-state index contributed by atoms with van der Waals surface area (Å²) in [6, 6.07) is 51.1. The molecule has 0 saturated heterocycles. The van der Waals surface area contributed by atoms with E-state index in [4.69, 9.17) is 4.42 Å². The van der Waals surface area contributed by atoms with E-state index in [2.05, 4.69) is 185 Å². The third kappa shape index (κ3) is 8.55. The molecule has 5 heteroatoms. The van der Waals surface area contributed by atoms with Crippen molar-refractivity contribution in [1.29, 1.82) is 0 Å². The maximum Gasteiger partial charge on any atom is 0.127 e. The van der Waals surface area contributed by atoms with Crippen molar-refractivity contribution in [1.82, 2.24) is 9.97 Å². The molecule has 0 aliphatic carbocycles. The summed E-state index contributed by atoms with van der Waals surface area (Å²) in [5.74, 6) is 0.821. The molecule has 0 aliphatic heterocycles. The van der Waals surface area contributed by atoms with Gasteiger partial charge in [-0.3, -0.25) is 0 Å². The van der Waals surface area contributed by atoms with E-state index in [1.807, 2.05) is 24.5 Å². The molecule has 3 heterocycles. The molecule has 0 fully saturated rings. The number of nitrogens with zero attached hydrogens (tertiary/aromatic N) is 2. The normalized spacial score (nSPS) is 11.4. The van der Waals surface area contributed by atoms with E-state index in [9.17, 15) is 0 Å². The fourth-order valence-electron chi connectivity index (χ4n) is 6.59. The molecule has 273 valence electrons. The van der Waals surface area contributed by atoms with Crippen LogP contribution in [0.3, 0.4) is 0 Å². The van der Waals surface area contributed by atoms with Gasteiger partial charge in [-0.25, -0.2) is 0 Å². The number of pyridine rings is 2. The van der Waals surface area contributed by atoms with Gasteiger partial charge in [0.25, 0.3) is 0 Å². The van der Waals surface area contributed by atoms with E-state index in [-0.39, 0.29) is 20.1 Å². The van der Waals surface area contributed by atoms with Crippen LogP contribution >= 0.6 is 0 Å². The van der Waals surface area contributed by atoms with E-state index >= 15 is 0 Å². The van der Waals surface area contributed by atoms with Gasteiger partial charge in [-0.05, 0) is 68.2 Å². The molecule has 0 bridgehead atoms. The summed E-state index contributed by atoms with van der Waals surface area (Å²) in [7, 11) is -1.29. The summed E-state index contributed by atoms with van der Waals surface area (Å²) in [5, 5.41) is 3.63. The van der Waals surface area contributed by atoms with Gasteiger partial charge >= 0.3 is 0 Å². The molecule has 0 N–H and O–H groups in total. The molecule has 8 aromatic rings. The van der Waals surface area contributed by atoms with Crippen LogP contribution in [0.15, 0.2) is 144 Å². The van der Waals surface area contributed by atoms with Gasteiger partial charge < -0.3 is 14.4 Å². The summed E-state index contributed by atoms with van der Waals surface area (Å²) in [5.41, 5.74) is 13.1. The number of furan rings is 1. The first kappa shape index (κ1) is 38.8. The molecule has 54 heavy (non-hydrogen) atoms. The predicted molar refractivity (Wildman–Crippen MR) is 226 cm³/mol. The first-order valence-corrected chi connectivity index (χ1v) is 22.0. The molecule has 0 unspecified atom stereocenters.